The van der Waals surface area contributed by atoms with E-state index in [4.69, 9.17) is 4.74 Å². The number of hydrogen-bond donors (Lipinski definition) is 2. The average molecular weight is 342 g/mol. The molecule has 0 aromatic rings. The zero-order valence-electron chi connectivity index (χ0n) is 15.1. The molecule has 1 rings (SSSR count). The highest BCUT2D eigenvalue weighted by Crippen LogP contribution is 2.11. The first-order valence-corrected chi connectivity index (χ1v) is 9.53. The van der Waals surface area contributed by atoms with Gasteiger partial charge in [0.25, 0.3) is 0 Å². The third-order valence-electron chi connectivity index (χ3n) is 4.49. The number of piperidine rings is 1. The molecule has 1 amide bonds. The molecule has 140 valence electrons. The van der Waals surface area contributed by atoms with Crippen LogP contribution in [0.3, 0.4) is 0 Å². The number of amides is 1. The summed E-state index contributed by atoms with van der Waals surface area (Å²) in [5, 5.41) is 11.8. The van der Waals surface area contributed by atoms with Crippen molar-refractivity contribution in [2.24, 2.45) is 0 Å². The fourth-order valence-electron chi connectivity index (χ4n) is 3.01. The molecule has 0 saturated carbocycles. The van der Waals surface area contributed by atoms with Crippen LogP contribution in [0.2, 0.25) is 0 Å². The molecule has 6 nitrogen and oxygen atoms in total. The molecule has 0 spiro atoms. The molecule has 24 heavy (non-hydrogen) atoms. The van der Waals surface area contributed by atoms with Crippen LogP contribution in [0.4, 0.5) is 4.79 Å². The van der Waals surface area contributed by atoms with Gasteiger partial charge in [-0.3, -0.25) is 0 Å². The summed E-state index contributed by atoms with van der Waals surface area (Å²) >= 11 is 0. The lowest BCUT2D eigenvalue weighted by Gasteiger charge is -2.26. The molecule has 1 aliphatic rings. The molecule has 2 N–H and O–H groups in total. The maximum Gasteiger partial charge on any atom is 0.408 e. The minimum Gasteiger partial charge on any atom is -0.479 e. The number of carboxylic acid groups (broad SMARTS) is 1. The molecule has 1 aliphatic heterocycles. The van der Waals surface area contributed by atoms with Gasteiger partial charge in [-0.05, 0) is 38.8 Å². The van der Waals surface area contributed by atoms with E-state index in [9.17, 15) is 14.7 Å². The number of ether oxygens (including phenoxy) is 1. The quantitative estimate of drug-likeness (QED) is 0.531. The van der Waals surface area contributed by atoms with E-state index >= 15 is 0 Å². The molecular weight excluding hydrogens is 308 g/mol. The van der Waals surface area contributed by atoms with E-state index < -0.39 is 18.2 Å². The topological polar surface area (TPSA) is 78.9 Å². The molecule has 1 saturated heterocycles. The predicted molar refractivity (Wildman–Crippen MR) is 94.2 cm³/mol. The number of rotatable bonds is 12. The van der Waals surface area contributed by atoms with Crippen LogP contribution in [0.5, 0.6) is 0 Å². The van der Waals surface area contributed by atoms with Crippen LogP contribution in [0.1, 0.15) is 71.1 Å². The van der Waals surface area contributed by atoms with E-state index in [0.717, 1.165) is 38.9 Å². The summed E-state index contributed by atoms with van der Waals surface area (Å²) in [4.78, 5) is 25.3. The van der Waals surface area contributed by atoms with Gasteiger partial charge in [-0.1, -0.05) is 45.4 Å². The third kappa shape index (κ3) is 9.75. The maximum absolute atomic E-state index is 11.8. The summed E-state index contributed by atoms with van der Waals surface area (Å²) in [5.41, 5.74) is 0. The number of carbonyl (C=O) groups excluding carboxylic acids is 1. The van der Waals surface area contributed by atoms with Gasteiger partial charge in [0.1, 0.15) is 0 Å². The van der Waals surface area contributed by atoms with Crippen LogP contribution in [0.25, 0.3) is 0 Å². The first-order chi connectivity index (χ1) is 11.6. The number of carboxylic acids is 1. The van der Waals surface area contributed by atoms with Gasteiger partial charge in [-0.2, -0.15) is 0 Å². The summed E-state index contributed by atoms with van der Waals surface area (Å²) in [5.74, 6) is -1.06. The Labute approximate surface area is 145 Å². The molecule has 1 unspecified atom stereocenters. The predicted octanol–water partition coefficient (Wildman–Crippen LogP) is 3.40. The minimum absolute atomic E-state index is 0.390. The monoisotopic (exact) mass is 342 g/mol. The molecule has 0 bridgehead atoms. The van der Waals surface area contributed by atoms with Gasteiger partial charge < -0.3 is 20.1 Å². The molecule has 0 radical (unpaired) electrons. The normalized spacial score (nSPS) is 16.5. The molecule has 0 aliphatic carbocycles. The van der Waals surface area contributed by atoms with Gasteiger partial charge in [0.15, 0.2) is 0 Å². The van der Waals surface area contributed by atoms with E-state index in [0.29, 0.717) is 13.0 Å². The van der Waals surface area contributed by atoms with Crippen molar-refractivity contribution < 1.29 is 19.4 Å². The van der Waals surface area contributed by atoms with Crippen molar-refractivity contribution in [2.75, 3.05) is 26.2 Å². The minimum atomic E-state index is -1.06. The van der Waals surface area contributed by atoms with Crippen LogP contribution in [-0.2, 0) is 9.53 Å². The maximum atomic E-state index is 11.8. The van der Waals surface area contributed by atoms with Crippen LogP contribution in [0, 0.1) is 0 Å². The highest BCUT2D eigenvalue weighted by molar-refractivity contribution is 5.77. The van der Waals surface area contributed by atoms with Crippen LogP contribution < -0.4 is 5.32 Å². The molecular formula is C18H34N2O4. The lowest BCUT2D eigenvalue weighted by Crippen LogP contribution is -2.39. The van der Waals surface area contributed by atoms with Gasteiger partial charge in [0, 0.05) is 13.1 Å². The Morgan fingerprint density at radius 1 is 1.08 bits per heavy atom. The van der Waals surface area contributed by atoms with E-state index in [1.54, 1.807) is 0 Å². The molecule has 6 heteroatoms. The summed E-state index contributed by atoms with van der Waals surface area (Å²) in [6.45, 7) is 5.61. The number of likely N-dealkylation sites (tertiary alicyclic amines) is 1. The summed E-state index contributed by atoms with van der Waals surface area (Å²) in [6, 6.07) is 0. The van der Waals surface area contributed by atoms with Crippen molar-refractivity contribution in [3.63, 3.8) is 0 Å². The largest absolute Gasteiger partial charge is 0.479 e. The SMILES string of the molecule is CCCCCCCCC(OC(=O)NCCN1CCCCC1)C(=O)O. The van der Waals surface area contributed by atoms with E-state index in [-0.39, 0.29) is 0 Å². The van der Waals surface area contributed by atoms with Crippen molar-refractivity contribution in [3.05, 3.63) is 0 Å². The molecule has 0 aromatic carbocycles. The number of aliphatic carboxylic acids is 1. The van der Waals surface area contributed by atoms with Crippen LogP contribution >= 0.6 is 0 Å². The second-order valence-corrected chi connectivity index (χ2v) is 6.62. The molecule has 1 heterocycles. The van der Waals surface area contributed by atoms with Crippen molar-refractivity contribution >= 4 is 12.1 Å². The van der Waals surface area contributed by atoms with Crippen LogP contribution in [-0.4, -0.2) is 54.4 Å². The van der Waals surface area contributed by atoms with Gasteiger partial charge in [-0.25, -0.2) is 9.59 Å². The van der Waals surface area contributed by atoms with Gasteiger partial charge in [0.05, 0.1) is 0 Å². The average Bonchev–Trinajstić information content (AvgIpc) is 2.57. The Morgan fingerprint density at radius 2 is 1.75 bits per heavy atom. The van der Waals surface area contributed by atoms with Crippen molar-refractivity contribution in [2.45, 2.75) is 77.2 Å². The van der Waals surface area contributed by atoms with Gasteiger partial charge in [0.2, 0.25) is 6.10 Å². The molecule has 1 atom stereocenters. The lowest BCUT2D eigenvalue weighted by molar-refractivity contribution is -0.147. The Morgan fingerprint density at radius 3 is 2.42 bits per heavy atom. The number of nitrogens with one attached hydrogen (secondary N) is 1. The van der Waals surface area contributed by atoms with Crippen LogP contribution in [0.15, 0.2) is 0 Å². The highest BCUT2D eigenvalue weighted by Gasteiger charge is 2.21. The smallest absolute Gasteiger partial charge is 0.408 e. The Bertz CT molecular complexity index is 357. The van der Waals surface area contributed by atoms with E-state index in [1.807, 2.05) is 0 Å². The lowest BCUT2D eigenvalue weighted by atomic mass is 10.1. The zero-order chi connectivity index (χ0) is 17.6. The fraction of sp³-hybridized carbons (Fsp3) is 0.889. The number of hydrogen-bond acceptors (Lipinski definition) is 4. The molecule has 1 fully saturated rings. The number of unbranched alkanes of at least 4 members (excludes halogenated alkanes) is 5. The Kier molecular flexibility index (Phi) is 11.3. The van der Waals surface area contributed by atoms with E-state index in [1.165, 1.54) is 38.5 Å². The Balaban J connectivity index is 2.13. The first-order valence-electron chi connectivity index (χ1n) is 9.53. The van der Waals surface area contributed by atoms with Gasteiger partial charge in [-0.15, -0.1) is 0 Å². The number of alkyl carbamates (subject to hydrolysis) is 1. The fourth-order valence-corrected chi connectivity index (χ4v) is 3.01. The standard InChI is InChI=1S/C18H34N2O4/c1-2-3-4-5-6-8-11-16(17(21)22)24-18(23)19-12-15-20-13-9-7-10-14-20/h16H,2-15H2,1H3,(H,19,23)(H,21,22). The second kappa shape index (κ2) is 13.0. The number of nitrogens with zero attached hydrogens (tertiary/aromatic N) is 1. The zero-order valence-corrected chi connectivity index (χ0v) is 15.1. The first kappa shape index (κ1) is 20.7. The third-order valence-corrected chi connectivity index (χ3v) is 4.49. The Hall–Kier alpha value is -1.30. The molecule has 0 aromatic heterocycles. The number of carbonyl (C=O) groups is 2. The summed E-state index contributed by atoms with van der Waals surface area (Å²) < 4.78 is 5.06. The van der Waals surface area contributed by atoms with Crippen molar-refractivity contribution in [3.8, 4) is 0 Å². The van der Waals surface area contributed by atoms with Crippen molar-refractivity contribution in [1.82, 2.24) is 10.2 Å². The summed E-state index contributed by atoms with van der Waals surface area (Å²) in [6.07, 6.45) is 8.92. The summed E-state index contributed by atoms with van der Waals surface area (Å²) in [7, 11) is 0. The van der Waals surface area contributed by atoms with Crippen molar-refractivity contribution in [1.29, 1.82) is 0 Å². The highest BCUT2D eigenvalue weighted by atomic mass is 16.6. The second-order valence-electron chi connectivity index (χ2n) is 6.62. The van der Waals surface area contributed by atoms with E-state index in [2.05, 4.69) is 17.1 Å². The van der Waals surface area contributed by atoms with Gasteiger partial charge >= 0.3 is 12.1 Å².